The lowest BCUT2D eigenvalue weighted by molar-refractivity contribution is -0.133. The summed E-state index contributed by atoms with van der Waals surface area (Å²) < 4.78 is 0. The Morgan fingerprint density at radius 2 is 1.71 bits per heavy atom. The van der Waals surface area contributed by atoms with Gasteiger partial charge in [-0.2, -0.15) is 11.3 Å². The molecule has 4 rings (SSSR count). The summed E-state index contributed by atoms with van der Waals surface area (Å²) in [6, 6.07) is 12.6. The average Bonchev–Trinajstić information content (AvgIpc) is 3.32. The molecule has 6 heteroatoms. The van der Waals surface area contributed by atoms with Crippen LogP contribution >= 0.6 is 11.3 Å². The molecule has 2 fully saturated rings. The molecule has 1 unspecified atom stereocenters. The predicted molar refractivity (Wildman–Crippen MR) is 125 cm³/mol. The summed E-state index contributed by atoms with van der Waals surface area (Å²) in [5.41, 5.74) is 2.44. The number of nitrogens with zero attached hydrogens (tertiary/aromatic N) is 3. The normalized spacial score (nSPS) is 20.1. The predicted octanol–water partition coefficient (Wildman–Crippen LogP) is 3.65. The van der Waals surface area contributed by atoms with Gasteiger partial charge in [0.25, 0.3) is 0 Å². The first-order valence-corrected chi connectivity index (χ1v) is 12.4. The molecule has 1 atom stereocenters. The van der Waals surface area contributed by atoms with Crippen molar-refractivity contribution in [3.63, 3.8) is 0 Å². The number of benzene rings is 1. The van der Waals surface area contributed by atoms with Gasteiger partial charge in [-0.15, -0.1) is 0 Å². The van der Waals surface area contributed by atoms with Crippen LogP contribution in [0.1, 0.15) is 36.8 Å². The molecule has 31 heavy (non-hydrogen) atoms. The van der Waals surface area contributed by atoms with E-state index in [-0.39, 0.29) is 11.8 Å². The van der Waals surface area contributed by atoms with Gasteiger partial charge in [0.1, 0.15) is 0 Å². The van der Waals surface area contributed by atoms with Crippen LogP contribution in [0.2, 0.25) is 0 Å². The van der Waals surface area contributed by atoms with Gasteiger partial charge < -0.3 is 9.80 Å². The first-order chi connectivity index (χ1) is 15.2. The second kappa shape index (κ2) is 10.9. The lowest BCUT2D eigenvalue weighted by atomic mass is 9.92. The summed E-state index contributed by atoms with van der Waals surface area (Å²) in [6.45, 7) is 6.14. The van der Waals surface area contributed by atoms with Crippen LogP contribution in [-0.2, 0) is 22.6 Å². The Bertz CT molecular complexity index is 832. The van der Waals surface area contributed by atoms with Gasteiger partial charge in [0.15, 0.2) is 0 Å². The fourth-order valence-electron chi connectivity index (χ4n) is 4.69. The number of rotatable bonds is 7. The minimum absolute atomic E-state index is 0.226. The topological polar surface area (TPSA) is 43.9 Å². The Kier molecular flexibility index (Phi) is 7.76. The monoisotopic (exact) mass is 439 g/mol. The van der Waals surface area contributed by atoms with Gasteiger partial charge >= 0.3 is 0 Å². The molecular weight excluding hydrogens is 406 g/mol. The maximum absolute atomic E-state index is 12.8. The van der Waals surface area contributed by atoms with Gasteiger partial charge in [-0.1, -0.05) is 30.3 Å². The molecule has 3 heterocycles. The Labute approximate surface area is 189 Å². The highest BCUT2D eigenvalue weighted by Crippen LogP contribution is 2.23. The number of thiophene rings is 1. The molecule has 2 amide bonds. The molecule has 2 aliphatic heterocycles. The van der Waals surface area contributed by atoms with E-state index in [0.29, 0.717) is 18.8 Å². The highest BCUT2D eigenvalue weighted by atomic mass is 32.1. The van der Waals surface area contributed by atoms with E-state index in [2.05, 4.69) is 34.5 Å². The second-order valence-corrected chi connectivity index (χ2v) is 9.62. The van der Waals surface area contributed by atoms with Crippen molar-refractivity contribution in [3.8, 4) is 0 Å². The molecule has 2 aromatic rings. The number of likely N-dealkylation sites (tertiary alicyclic amines) is 1. The molecule has 0 radical (unpaired) electrons. The fraction of sp³-hybridized carbons (Fsp3) is 0.520. The highest BCUT2D eigenvalue weighted by molar-refractivity contribution is 7.08. The molecule has 0 spiro atoms. The molecule has 0 bridgehead atoms. The summed E-state index contributed by atoms with van der Waals surface area (Å²) in [4.78, 5) is 31.8. The Morgan fingerprint density at radius 1 is 0.903 bits per heavy atom. The summed E-state index contributed by atoms with van der Waals surface area (Å²) in [7, 11) is 0. The zero-order valence-electron chi connectivity index (χ0n) is 18.2. The number of piperazine rings is 1. The van der Waals surface area contributed by atoms with Crippen molar-refractivity contribution in [2.24, 2.45) is 5.92 Å². The Morgan fingerprint density at radius 3 is 2.45 bits per heavy atom. The van der Waals surface area contributed by atoms with Crippen LogP contribution in [0.25, 0.3) is 0 Å². The van der Waals surface area contributed by atoms with Gasteiger partial charge in [-0.05, 0) is 53.1 Å². The molecule has 0 saturated carbocycles. The van der Waals surface area contributed by atoms with Crippen LogP contribution < -0.4 is 0 Å². The van der Waals surface area contributed by atoms with E-state index in [0.717, 1.165) is 70.6 Å². The van der Waals surface area contributed by atoms with E-state index >= 15 is 0 Å². The average molecular weight is 440 g/mol. The smallest absolute Gasteiger partial charge is 0.227 e. The molecule has 0 aliphatic carbocycles. The number of carbonyl (C=O) groups is 2. The minimum Gasteiger partial charge on any atom is -0.342 e. The third-order valence-electron chi connectivity index (χ3n) is 6.55. The SMILES string of the molecule is O=C(CCC1CCCN(C(=O)Cc2ccsc2)C1)N1CCN(Cc2ccccc2)CC1. The van der Waals surface area contributed by atoms with Crippen LogP contribution in [0.5, 0.6) is 0 Å². The van der Waals surface area contributed by atoms with E-state index in [4.69, 9.17) is 0 Å². The van der Waals surface area contributed by atoms with E-state index in [9.17, 15) is 9.59 Å². The lowest BCUT2D eigenvalue weighted by Gasteiger charge is -2.36. The lowest BCUT2D eigenvalue weighted by Crippen LogP contribution is -2.48. The van der Waals surface area contributed by atoms with Gasteiger partial charge in [-0.25, -0.2) is 0 Å². The molecule has 2 aliphatic rings. The molecule has 1 aromatic heterocycles. The van der Waals surface area contributed by atoms with E-state index in [1.165, 1.54) is 5.56 Å². The van der Waals surface area contributed by atoms with Gasteiger partial charge in [0.2, 0.25) is 11.8 Å². The first-order valence-electron chi connectivity index (χ1n) is 11.5. The van der Waals surface area contributed by atoms with Crippen LogP contribution in [0.15, 0.2) is 47.2 Å². The highest BCUT2D eigenvalue weighted by Gasteiger charge is 2.26. The Hall–Kier alpha value is -2.18. The Balaban J connectivity index is 1.17. The summed E-state index contributed by atoms with van der Waals surface area (Å²) >= 11 is 1.64. The zero-order chi connectivity index (χ0) is 21.5. The van der Waals surface area contributed by atoms with Crippen LogP contribution in [0.3, 0.4) is 0 Å². The number of piperidine rings is 1. The molecule has 166 valence electrons. The van der Waals surface area contributed by atoms with E-state index < -0.39 is 0 Å². The number of amides is 2. The second-order valence-electron chi connectivity index (χ2n) is 8.84. The molecule has 5 nitrogen and oxygen atoms in total. The third-order valence-corrected chi connectivity index (χ3v) is 7.28. The van der Waals surface area contributed by atoms with Crippen molar-refractivity contribution in [1.29, 1.82) is 0 Å². The van der Waals surface area contributed by atoms with Crippen molar-refractivity contribution in [3.05, 3.63) is 58.3 Å². The first kappa shape index (κ1) is 22.0. The fourth-order valence-corrected chi connectivity index (χ4v) is 5.36. The van der Waals surface area contributed by atoms with Crippen molar-refractivity contribution < 1.29 is 9.59 Å². The van der Waals surface area contributed by atoms with Gasteiger partial charge in [-0.3, -0.25) is 14.5 Å². The van der Waals surface area contributed by atoms with Gasteiger partial charge in [0.05, 0.1) is 6.42 Å². The largest absolute Gasteiger partial charge is 0.342 e. The van der Waals surface area contributed by atoms with Crippen molar-refractivity contribution in [1.82, 2.24) is 14.7 Å². The van der Waals surface area contributed by atoms with E-state index in [1.807, 2.05) is 27.3 Å². The number of hydrogen-bond donors (Lipinski definition) is 0. The van der Waals surface area contributed by atoms with Crippen molar-refractivity contribution >= 4 is 23.2 Å². The standard InChI is InChI=1S/C25H33N3O2S/c29-24(27-14-12-26(13-15-27)18-21-5-2-1-3-6-21)9-8-22-7-4-11-28(19-22)25(30)17-23-10-16-31-20-23/h1-3,5-6,10,16,20,22H,4,7-9,11-15,17-19H2. The van der Waals surface area contributed by atoms with E-state index in [1.54, 1.807) is 11.3 Å². The molecule has 1 aromatic carbocycles. The number of hydrogen-bond acceptors (Lipinski definition) is 4. The third kappa shape index (κ3) is 6.40. The number of carbonyl (C=O) groups excluding carboxylic acids is 2. The maximum atomic E-state index is 12.8. The maximum Gasteiger partial charge on any atom is 0.227 e. The van der Waals surface area contributed by atoms with Crippen LogP contribution in [-0.4, -0.2) is 65.8 Å². The van der Waals surface area contributed by atoms with Gasteiger partial charge in [0, 0.05) is 52.2 Å². The van der Waals surface area contributed by atoms with Crippen molar-refractivity contribution in [2.45, 2.75) is 38.6 Å². The van der Waals surface area contributed by atoms with Crippen LogP contribution in [0.4, 0.5) is 0 Å². The molecular formula is C25H33N3O2S. The molecule has 0 N–H and O–H groups in total. The minimum atomic E-state index is 0.226. The van der Waals surface area contributed by atoms with Crippen molar-refractivity contribution in [2.75, 3.05) is 39.3 Å². The molecule has 2 saturated heterocycles. The summed E-state index contributed by atoms with van der Waals surface area (Å²) in [5, 5.41) is 4.08. The summed E-state index contributed by atoms with van der Waals surface area (Å²) in [6.07, 6.45) is 4.18. The summed E-state index contributed by atoms with van der Waals surface area (Å²) in [5.74, 6) is 0.952. The quantitative estimate of drug-likeness (QED) is 0.661. The zero-order valence-corrected chi connectivity index (χ0v) is 19.1. The van der Waals surface area contributed by atoms with Crippen LogP contribution in [0, 0.1) is 5.92 Å².